The monoisotopic (exact) mass is 242 g/mol. The van der Waals surface area contributed by atoms with Crippen LogP contribution in [0.15, 0.2) is 0 Å². The second-order valence-electron chi connectivity index (χ2n) is 5.31. The van der Waals surface area contributed by atoms with Crippen LogP contribution in [0, 0.1) is 5.41 Å². The molecule has 1 saturated carbocycles. The molecular weight excluding hydrogens is 216 g/mol. The molecule has 1 aliphatic rings. The highest BCUT2D eigenvalue weighted by atomic mass is 16.3. The van der Waals surface area contributed by atoms with Gasteiger partial charge in [-0.05, 0) is 38.0 Å². The van der Waals surface area contributed by atoms with E-state index in [9.17, 15) is 4.79 Å². The Hall–Kier alpha value is -0.770. The highest BCUT2D eigenvalue weighted by Crippen LogP contribution is 2.40. The van der Waals surface area contributed by atoms with E-state index in [1.807, 2.05) is 0 Å². The molecule has 4 nitrogen and oxygen atoms in total. The molecule has 0 aromatic heterocycles. The van der Waals surface area contributed by atoms with Crippen molar-refractivity contribution in [3.05, 3.63) is 0 Å². The molecule has 0 spiro atoms. The van der Waals surface area contributed by atoms with E-state index >= 15 is 0 Å². The average Bonchev–Trinajstić information content (AvgIpc) is 2.75. The fourth-order valence-corrected chi connectivity index (χ4v) is 2.51. The molecule has 1 atom stereocenters. The Labute approximate surface area is 104 Å². The lowest BCUT2D eigenvalue weighted by molar-refractivity contribution is 0.182. The summed E-state index contributed by atoms with van der Waals surface area (Å²) < 4.78 is 0. The van der Waals surface area contributed by atoms with Crippen LogP contribution in [0.25, 0.3) is 0 Å². The van der Waals surface area contributed by atoms with E-state index in [2.05, 4.69) is 17.6 Å². The molecule has 2 amide bonds. The number of carbonyl (C=O) groups excluding carboxylic acids is 1. The lowest BCUT2D eigenvalue weighted by Gasteiger charge is -2.27. The summed E-state index contributed by atoms with van der Waals surface area (Å²) >= 11 is 0. The molecule has 0 aromatic rings. The van der Waals surface area contributed by atoms with Gasteiger partial charge < -0.3 is 15.7 Å². The molecule has 1 fully saturated rings. The normalized spacial score (nSPS) is 19.9. The number of aliphatic hydroxyl groups excluding tert-OH is 1. The summed E-state index contributed by atoms with van der Waals surface area (Å²) in [6, 6.07) is -0.106. The molecule has 100 valence electrons. The summed E-state index contributed by atoms with van der Waals surface area (Å²) in [6.07, 6.45) is 6.44. The first-order valence-electron chi connectivity index (χ1n) is 6.78. The lowest BCUT2D eigenvalue weighted by atomic mass is 9.83. The van der Waals surface area contributed by atoms with Crippen molar-refractivity contribution in [3.63, 3.8) is 0 Å². The summed E-state index contributed by atoms with van der Waals surface area (Å²) in [7, 11) is 0. The number of hydrogen-bond donors (Lipinski definition) is 3. The van der Waals surface area contributed by atoms with Gasteiger partial charge >= 0.3 is 6.03 Å². The third-order valence-corrected chi connectivity index (χ3v) is 3.89. The van der Waals surface area contributed by atoms with Crippen molar-refractivity contribution in [1.29, 1.82) is 0 Å². The molecule has 1 aliphatic carbocycles. The van der Waals surface area contributed by atoms with Gasteiger partial charge in [0.25, 0.3) is 0 Å². The van der Waals surface area contributed by atoms with Crippen molar-refractivity contribution in [2.75, 3.05) is 13.1 Å². The maximum atomic E-state index is 11.5. The van der Waals surface area contributed by atoms with Gasteiger partial charge in [0.1, 0.15) is 0 Å². The SMILES string of the molecule is CCC1(CNC(=O)NCCC(C)O)CCCC1. The van der Waals surface area contributed by atoms with Crippen molar-refractivity contribution >= 4 is 6.03 Å². The zero-order valence-corrected chi connectivity index (χ0v) is 11.1. The molecule has 17 heavy (non-hydrogen) atoms. The fourth-order valence-electron chi connectivity index (χ4n) is 2.51. The van der Waals surface area contributed by atoms with Crippen molar-refractivity contribution in [2.45, 2.75) is 58.5 Å². The molecule has 1 rings (SSSR count). The van der Waals surface area contributed by atoms with Gasteiger partial charge in [-0.1, -0.05) is 19.8 Å². The zero-order chi connectivity index (χ0) is 12.7. The van der Waals surface area contributed by atoms with Crippen molar-refractivity contribution in [2.24, 2.45) is 5.41 Å². The lowest BCUT2D eigenvalue weighted by Crippen LogP contribution is -2.42. The number of aliphatic hydroxyl groups is 1. The number of hydrogen-bond acceptors (Lipinski definition) is 2. The van der Waals surface area contributed by atoms with Crippen LogP contribution < -0.4 is 10.6 Å². The van der Waals surface area contributed by atoms with Crippen LogP contribution in [-0.2, 0) is 0 Å². The van der Waals surface area contributed by atoms with Crippen LogP contribution >= 0.6 is 0 Å². The minimum Gasteiger partial charge on any atom is -0.393 e. The summed E-state index contributed by atoms with van der Waals surface area (Å²) in [5, 5.41) is 14.8. The average molecular weight is 242 g/mol. The summed E-state index contributed by atoms with van der Waals surface area (Å²) in [4.78, 5) is 11.5. The van der Waals surface area contributed by atoms with Crippen LogP contribution in [0.5, 0.6) is 0 Å². The van der Waals surface area contributed by atoms with Gasteiger partial charge in [0.2, 0.25) is 0 Å². The number of nitrogens with one attached hydrogen (secondary N) is 2. The van der Waals surface area contributed by atoms with Crippen molar-refractivity contribution < 1.29 is 9.90 Å². The maximum Gasteiger partial charge on any atom is 0.314 e. The number of amides is 2. The Balaban J connectivity index is 2.18. The first-order valence-corrected chi connectivity index (χ1v) is 6.78. The van der Waals surface area contributed by atoms with E-state index in [0.717, 1.165) is 13.0 Å². The van der Waals surface area contributed by atoms with Crippen LogP contribution in [0.2, 0.25) is 0 Å². The minimum atomic E-state index is -0.355. The Bertz CT molecular complexity index is 236. The van der Waals surface area contributed by atoms with Gasteiger partial charge in [-0.2, -0.15) is 0 Å². The largest absolute Gasteiger partial charge is 0.393 e. The highest BCUT2D eigenvalue weighted by Gasteiger charge is 2.32. The molecule has 0 saturated heterocycles. The van der Waals surface area contributed by atoms with Crippen LogP contribution in [0.1, 0.15) is 52.4 Å². The van der Waals surface area contributed by atoms with Crippen molar-refractivity contribution in [1.82, 2.24) is 10.6 Å². The summed E-state index contributed by atoms with van der Waals surface area (Å²) in [6.45, 7) is 5.25. The molecular formula is C13H26N2O2. The smallest absolute Gasteiger partial charge is 0.314 e. The molecule has 0 aromatic carbocycles. The topological polar surface area (TPSA) is 61.4 Å². The molecule has 4 heteroatoms. The van der Waals surface area contributed by atoms with E-state index in [0.29, 0.717) is 18.4 Å². The van der Waals surface area contributed by atoms with Gasteiger partial charge in [0, 0.05) is 13.1 Å². The van der Waals surface area contributed by atoms with E-state index in [4.69, 9.17) is 5.11 Å². The Kier molecular flexibility index (Phi) is 5.75. The van der Waals surface area contributed by atoms with Crippen LogP contribution in [0.3, 0.4) is 0 Å². The molecule has 3 N–H and O–H groups in total. The first-order chi connectivity index (χ1) is 8.08. The van der Waals surface area contributed by atoms with E-state index in [-0.39, 0.29) is 12.1 Å². The van der Waals surface area contributed by atoms with Crippen LogP contribution in [-0.4, -0.2) is 30.3 Å². The predicted molar refractivity (Wildman–Crippen MR) is 68.9 cm³/mol. The van der Waals surface area contributed by atoms with E-state index in [1.165, 1.54) is 25.7 Å². The van der Waals surface area contributed by atoms with E-state index in [1.54, 1.807) is 6.92 Å². The van der Waals surface area contributed by atoms with Gasteiger partial charge in [-0.25, -0.2) is 4.79 Å². The fraction of sp³-hybridized carbons (Fsp3) is 0.923. The molecule has 0 radical (unpaired) electrons. The highest BCUT2D eigenvalue weighted by molar-refractivity contribution is 5.73. The first kappa shape index (κ1) is 14.3. The van der Waals surface area contributed by atoms with Gasteiger partial charge in [0.05, 0.1) is 6.10 Å². The zero-order valence-electron chi connectivity index (χ0n) is 11.1. The Morgan fingerprint density at radius 1 is 1.35 bits per heavy atom. The molecule has 0 aliphatic heterocycles. The van der Waals surface area contributed by atoms with Crippen LogP contribution in [0.4, 0.5) is 4.79 Å². The Morgan fingerprint density at radius 3 is 2.53 bits per heavy atom. The van der Waals surface area contributed by atoms with E-state index < -0.39 is 0 Å². The number of carbonyl (C=O) groups is 1. The summed E-state index contributed by atoms with van der Waals surface area (Å²) in [5.41, 5.74) is 0.335. The summed E-state index contributed by atoms with van der Waals surface area (Å²) in [5.74, 6) is 0. The van der Waals surface area contributed by atoms with Crippen molar-refractivity contribution in [3.8, 4) is 0 Å². The number of rotatable bonds is 6. The standard InChI is InChI=1S/C13H26N2O2/c1-3-13(7-4-5-8-13)10-15-12(17)14-9-6-11(2)16/h11,16H,3-10H2,1-2H3,(H2,14,15,17). The quantitative estimate of drug-likeness (QED) is 0.667. The predicted octanol–water partition coefficient (Wildman–Crippen LogP) is 2.03. The Morgan fingerprint density at radius 2 is 2.00 bits per heavy atom. The molecule has 0 heterocycles. The number of urea groups is 1. The van der Waals surface area contributed by atoms with Gasteiger partial charge in [-0.15, -0.1) is 0 Å². The van der Waals surface area contributed by atoms with Gasteiger partial charge in [-0.3, -0.25) is 0 Å². The third-order valence-electron chi connectivity index (χ3n) is 3.89. The second-order valence-corrected chi connectivity index (χ2v) is 5.31. The molecule has 0 bridgehead atoms. The van der Waals surface area contributed by atoms with Gasteiger partial charge in [0.15, 0.2) is 0 Å². The maximum absolute atomic E-state index is 11.5. The molecule has 1 unspecified atom stereocenters. The third kappa shape index (κ3) is 4.94. The second kappa shape index (κ2) is 6.84. The minimum absolute atomic E-state index is 0.106.